The van der Waals surface area contributed by atoms with Crippen LogP contribution in [-0.2, 0) is 6.54 Å². The molecule has 3 aromatic rings. The van der Waals surface area contributed by atoms with Crippen molar-refractivity contribution < 1.29 is 9.84 Å². The van der Waals surface area contributed by atoms with Gasteiger partial charge in [0.15, 0.2) is 0 Å². The fourth-order valence-corrected chi connectivity index (χ4v) is 5.99. The van der Waals surface area contributed by atoms with Gasteiger partial charge in [-0.05, 0) is 80.7 Å². The quantitative estimate of drug-likeness (QED) is 0.328. The zero-order valence-corrected chi connectivity index (χ0v) is 22.9. The van der Waals surface area contributed by atoms with Gasteiger partial charge in [0.2, 0.25) is 0 Å². The lowest BCUT2D eigenvalue weighted by Crippen LogP contribution is -2.29. The van der Waals surface area contributed by atoms with Gasteiger partial charge in [0, 0.05) is 56.1 Å². The lowest BCUT2D eigenvalue weighted by atomic mass is 9.95. The third kappa shape index (κ3) is 6.82. The summed E-state index contributed by atoms with van der Waals surface area (Å²) >= 11 is 0. The molecule has 2 saturated heterocycles. The molecule has 1 N–H and O–H groups in total. The molecule has 0 saturated carbocycles. The highest BCUT2D eigenvalue weighted by molar-refractivity contribution is 5.58. The van der Waals surface area contributed by atoms with Crippen LogP contribution in [0.1, 0.15) is 56.1 Å². The monoisotopic (exact) mass is 513 g/mol. The van der Waals surface area contributed by atoms with Crippen LogP contribution in [0.5, 0.6) is 11.5 Å². The number of likely N-dealkylation sites (tertiary alicyclic amines) is 1. The first-order valence-electron chi connectivity index (χ1n) is 14.5. The molecule has 5 nitrogen and oxygen atoms in total. The summed E-state index contributed by atoms with van der Waals surface area (Å²) in [5, 5.41) is 9.93. The number of hydrogen-bond acceptors (Lipinski definition) is 5. The van der Waals surface area contributed by atoms with Crippen molar-refractivity contribution in [3.63, 3.8) is 0 Å². The van der Waals surface area contributed by atoms with Crippen LogP contribution in [0.3, 0.4) is 0 Å². The van der Waals surface area contributed by atoms with Crippen LogP contribution >= 0.6 is 0 Å². The van der Waals surface area contributed by atoms with Crippen LogP contribution in [0, 0.1) is 0 Å². The second-order valence-electron chi connectivity index (χ2n) is 10.8. The van der Waals surface area contributed by atoms with Gasteiger partial charge in [-0.15, -0.1) is 0 Å². The van der Waals surface area contributed by atoms with E-state index < -0.39 is 0 Å². The van der Waals surface area contributed by atoms with E-state index in [1.54, 1.807) is 6.07 Å². The minimum Gasteiger partial charge on any atom is -0.508 e. The zero-order valence-electron chi connectivity index (χ0n) is 22.9. The number of rotatable bonds is 10. The number of phenolic OH excluding ortho intramolecular Hbond substituents is 1. The molecule has 0 bridgehead atoms. The first kappa shape index (κ1) is 26.4. The second kappa shape index (κ2) is 13.1. The minimum atomic E-state index is 0.331. The number of para-hydroxylation sites is 1. The summed E-state index contributed by atoms with van der Waals surface area (Å²) < 4.78 is 6.09. The number of phenols is 1. The van der Waals surface area contributed by atoms with Crippen molar-refractivity contribution in [3.8, 4) is 11.5 Å². The molecule has 2 heterocycles. The van der Waals surface area contributed by atoms with Gasteiger partial charge in [-0.1, -0.05) is 49.2 Å². The van der Waals surface area contributed by atoms with Gasteiger partial charge in [0.25, 0.3) is 0 Å². The van der Waals surface area contributed by atoms with Gasteiger partial charge in [-0.25, -0.2) is 0 Å². The Labute approximate surface area is 228 Å². The van der Waals surface area contributed by atoms with Crippen LogP contribution in [0.2, 0.25) is 0 Å². The van der Waals surface area contributed by atoms with Crippen molar-refractivity contribution in [2.75, 3.05) is 55.7 Å². The number of ether oxygens (including phenoxy) is 1. The molecule has 2 aliphatic heterocycles. The van der Waals surface area contributed by atoms with E-state index in [-0.39, 0.29) is 0 Å². The molecule has 2 fully saturated rings. The Bertz CT molecular complexity index is 1140. The molecule has 5 heteroatoms. The molecule has 1 atom stereocenters. The Kier molecular flexibility index (Phi) is 9.08. The van der Waals surface area contributed by atoms with Crippen molar-refractivity contribution >= 4 is 11.4 Å². The smallest absolute Gasteiger partial charge is 0.119 e. The topological polar surface area (TPSA) is 39.2 Å². The van der Waals surface area contributed by atoms with E-state index >= 15 is 0 Å². The summed E-state index contributed by atoms with van der Waals surface area (Å²) in [4.78, 5) is 7.43. The molecule has 0 amide bonds. The molecule has 0 aromatic heterocycles. The summed E-state index contributed by atoms with van der Waals surface area (Å²) in [6, 6.07) is 25.2. The second-order valence-corrected chi connectivity index (χ2v) is 10.8. The number of benzene rings is 3. The van der Waals surface area contributed by atoms with Crippen molar-refractivity contribution in [1.82, 2.24) is 4.90 Å². The Morgan fingerprint density at radius 1 is 0.895 bits per heavy atom. The third-order valence-corrected chi connectivity index (χ3v) is 8.15. The van der Waals surface area contributed by atoms with Gasteiger partial charge < -0.3 is 19.6 Å². The van der Waals surface area contributed by atoms with Gasteiger partial charge in [0.1, 0.15) is 18.1 Å². The number of hydrogen-bond donors (Lipinski definition) is 1. The highest BCUT2D eigenvalue weighted by atomic mass is 16.5. The van der Waals surface area contributed by atoms with Crippen LogP contribution in [0.25, 0.3) is 0 Å². The Balaban J connectivity index is 1.19. The van der Waals surface area contributed by atoms with Crippen LogP contribution in [-0.4, -0.2) is 55.9 Å². The van der Waals surface area contributed by atoms with E-state index in [9.17, 15) is 5.11 Å². The Morgan fingerprint density at radius 3 is 2.45 bits per heavy atom. The van der Waals surface area contributed by atoms with E-state index in [0.717, 1.165) is 57.2 Å². The van der Waals surface area contributed by atoms with E-state index in [0.29, 0.717) is 11.7 Å². The lowest BCUT2D eigenvalue weighted by molar-refractivity contribution is 0.214. The van der Waals surface area contributed by atoms with Crippen molar-refractivity contribution in [2.45, 2.75) is 51.5 Å². The summed E-state index contributed by atoms with van der Waals surface area (Å²) in [6.07, 6.45) is 6.50. The molecule has 2 aliphatic rings. The van der Waals surface area contributed by atoms with Gasteiger partial charge in [0.05, 0.1) is 0 Å². The standard InChI is InChI=1S/C33H43N3O2/c1-2-35(25-27-14-16-31(17-15-27)38-23-22-34-19-7-3-4-8-20-34)33-13-6-5-12-32(33)28-18-21-36(26-28)29-10-9-11-30(37)24-29/h5-6,9-17,24,28,37H,2-4,7-8,18-23,25-26H2,1H3. The molecular formula is C33H43N3O2. The van der Waals surface area contributed by atoms with Crippen molar-refractivity contribution in [1.29, 1.82) is 0 Å². The summed E-state index contributed by atoms with van der Waals surface area (Å²) in [5.74, 6) is 1.77. The average Bonchev–Trinajstić information content (AvgIpc) is 3.30. The van der Waals surface area contributed by atoms with Crippen LogP contribution < -0.4 is 14.5 Å². The fourth-order valence-electron chi connectivity index (χ4n) is 5.99. The zero-order chi connectivity index (χ0) is 26.2. The van der Waals surface area contributed by atoms with E-state index in [4.69, 9.17) is 4.74 Å². The molecule has 3 aromatic carbocycles. The molecule has 5 rings (SSSR count). The maximum absolute atomic E-state index is 9.93. The van der Waals surface area contributed by atoms with Crippen LogP contribution in [0.4, 0.5) is 11.4 Å². The van der Waals surface area contributed by atoms with Gasteiger partial charge in [-0.2, -0.15) is 0 Å². The number of aromatic hydroxyl groups is 1. The summed E-state index contributed by atoms with van der Waals surface area (Å²) in [5.41, 5.74) is 5.15. The first-order chi connectivity index (χ1) is 18.7. The third-order valence-electron chi connectivity index (χ3n) is 8.15. The Hall–Kier alpha value is -3.18. The van der Waals surface area contributed by atoms with Gasteiger partial charge in [-0.3, -0.25) is 4.90 Å². The molecule has 0 aliphatic carbocycles. The molecule has 0 radical (unpaired) electrons. The van der Waals surface area contributed by atoms with Gasteiger partial charge >= 0.3 is 0 Å². The average molecular weight is 514 g/mol. The van der Waals surface area contributed by atoms with E-state index in [2.05, 4.69) is 76.2 Å². The van der Waals surface area contributed by atoms with Crippen LogP contribution in [0.15, 0.2) is 72.8 Å². The maximum Gasteiger partial charge on any atom is 0.119 e. The highest BCUT2D eigenvalue weighted by Gasteiger charge is 2.27. The predicted molar refractivity (Wildman–Crippen MR) is 158 cm³/mol. The number of nitrogens with zero attached hydrogens (tertiary/aromatic N) is 3. The normalized spacial score (nSPS) is 18.3. The molecule has 1 unspecified atom stereocenters. The molecule has 202 valence electrons. The Morgan fingerprint density at radius 2 is 1.68 bits per heavy atom. The van der Waals surface area contributed by atoms with Crippen molar-refractivity contribution in [3.05, 3.63) is 83.9 Å². The summed E-state index contributed by atoms with van der Waals surface area (Å²) in [6.45, 7) is 10.3. The SMILES string of the molecule is CCN(Cc1ccc(OCCN2CCCCCC2)cc1)c1ccccc1C1CCN(c2cccc(O)c2)C1. The minimum absolute atomic E-state index is 0.331. The highest BCUT2D eigenvalue weighted by Crippen LogP contribution is 2.37. The maximum atomic E-state index is 9.93. The lowest BCUT2D eigenvalue weighted by Gasteiger charge is -2.28. The predicted octanol–water partition coefficient (Wildman–Crippen LogP) is 6.67. The van der Waals surface area contributed by atoms with E-state index in [1.807, 2.05) is 12.1 Å². The summed E-state index contributed by atoms with van der Waals surface area (Å²) in [7, 11) is 0. The largest absolute Gasteiger partial charge is 0.508 e. The van der Waals surface area contributed by atoms with E-state index in [1.165, 1.54) is 55.6 Å². The first-order valence-corrected chi connectivity index (χ1v) is 14.5. The number of anilines is 2. The molecular weight excluding hydrogens is 470 g/mol. The molecule has 38 heavy (non-hydrogen) atoms. The fraction of sp³-hybridized carbons (Fsp3) is 0.455. The molecule has 0 spiro atoms. The van der Waals surface area contributed by atoms with Crippen molar-refractivity contribution in [2.24, 2.45) is 0 Å².